The monoisotopic (exact) mass is 432 g/mol. The molecule has 2 aromatic carbocycles. The van der Waals surface area contributed by atoms with E-state index in [9.17, 15) is 4.79 Å². The predicted octanol–water partition coefficient (Wildman–Crippen LogP) is 4.76. The molecule has 1 aliphatic rings. The van der Waals surface area contributed by atoms with E-state index in [0.717, 1.165) is 27.1 Å². The van der Waals surface area contributed by atoms with Gasteiger partial charge in [0.25, 0.3) is 5.56 Å². The van der Waals surface area contributed by atoms with Gasteiger partial charge < -0.3 is 9.47 Å². The van der Waals surface area contributed by atoms with Gasteiger partial charge >= 0.3 is 0 Å². The van der Waals surface area contributed by atoms with Crippen LogP contribution in [0.3, 0.4) is 0 Å². The number of hydrogen-bond acceptors (Lipinski definition) is 5. The molecule has 7 heteroatoms. The van der Waals surface area contributed by atoms with Crippen molar-refractivity contribution in [1.29, 1.82) is 0 Å². The molecule has 1 aliphatic heterocycles. The molecule has 134 valence electrons. The van der Waals surface area contributed by atoms with E-state index in [1.54, 1.807) is 16.3 Å². The Morgan fingerprint density at radius 3 is 2.73 bits per heavy atom. The van der Waals surface area contributed by atoms with Gasteiger partial charge in [-0.1, -0.05) is 39.8 Å². The number of benzene rings is 2. The normalized spacial score (nSPS) is 12.9. The molecule has 0 unspecified atom stereocenters. The summed E-state index contributed by atoms with van der Waals surface area (Å²) >= 11 is 5.13. The molecule has 0 aliphatic carbocycles. The standard InChI is InChI=1S/C19H17BrN2O3S/c1-11(2)22-18(23)13-5-3-4-6-15(13)21-19(22)26-9-12-7-16-17(8-14(12)20)25-10-24-16/h3-8,11H,9-10H2,1-2H3. The molecule has 0 spiro atoms. The maximum Gasteiger partial charge on any atom is 0.262 e. The Hall–Kier alpha value is -1.99. The van der Waals surface area contributed by atoms with Crippen molar-refractivity contribution >= 4 is 38.6 Å². The number of hydrogen-bond donors (Lipinski definition) is 0. The van der Waals surface area contributed by atoms with Gasteiger partial charge in [0, 0.05) is 16.3 Å². The Bertz CT molecular complexity index is 1050. The van der Waals surface area contributed by atoms with Crippen molar-refractivity contribution in [2.24, 2.45) is 0 Å². The van der Waals surface area contributed by atoms with Crippen LogP contribution >= 0.6 is 27.7 Å². The minimum absolute atomic E-state index is 0.00199. The Morgan fingerprint density at radius 2 is 1.96 bits per heavy atom. The lowest BCUT2D eigenvalue weighted by Crippen LogP contribution is -2.25. The van der Waals surface area contributed by atoms with Gasteiger partial charge in [-0.15, -0.1) is 0 Å². The van der Waals surface area contributed by atoms with Crippen molar-refractivity contribution in [2.75, 3.05) is 6.79 Å². The molecule has 0 radical (unpaired) electrons. The van der Waals surface area contributed by atoms with Gasteiger partial charge in [0.1, 0.15) is 0 Å². The molecule has 0 N–H and O–H groups in total. The highest BCUT2D eigenvalue weighted by atomic mass is 79.9. The van der Waals surface area contributed by atoms with E-state index in [0.29, 0.717) is 16.3 Å². The van der Waals surface area contributed by atoms with Crippen LogP contribution in [0.1, 0.15) is 25.5 Å². The second-order valence-corrected chi connectivity index (χ2v) is 8.06. The predicted molar refractivity (Wildman–Crippen MR) is 106 cm³/mol. The number of para-hydroxylation sites is 1. The van der Waals surface area contributed by atoms with Crippen molar-refractivity contribution < 1.29 is 9.47 Å². The van der Waals surface area contributed by atoms with Crippen LogP contribution in [0.2, 0.25) is 0 Å². The summed E-state index contributed by atoms with van der Waals surface area (Å²) in [5.41, 5.74) is 1.79. The quantitative estimate of drug-likeness (QED) is 0.439. The second-order valence-electron chi connectivity index (χ2n) is 6.27. The lowest BCUT2D eigenvalue weighted by Gasteiger charge is -2.16. The molecule has 26 heavy (non-hydrogen) atoms. The minimum Gasteiger partial charge on any atom is -0.454 e. The average Bonchev–Trinajstić information content (AvgIpc) is 3.06. The Morgan fingerprint density at radius 1 is 1.23 bits per heavy atom. The molecule has 0 bridgehead atoms. The summed E-state index contributed by atoms with van der Waals surface area (Å²) in [5.74, 6) is 2.15. The second kappa shape index (κ2) is 6.96. The van der Waals surface area contributed by atoms with E-state index >= 15 is 0 Å². The summed E-state index contributed by atoms with van der Waals surface area (Å²) < 4.78 is 13.6. The summed E-state index contributed by atoms with van der Waals surface area (Å²) in [5, 5.41) is 1.36. The molecule has 0 amide bonds. The van der Waals surface area contributed by atoms with Crippen molar-refractivity contribution in [3.8, 4) is 11.5 Å². The first-order valence-electron chi connectivity index (χ1n) is 8.26. The van der Waals surface area contributed by atoms with Gasteiger partial charge in [0.05, 0.1) is 10.9 Å². The molecule has 5 nitrogen and oxygen atoms in total. The van der Waals surface area contributed by atoms with Gasteiger partial charge in [-0.3, -0.25) is 9.36 Å². The summed E-state index contributed by atoms with van der Waals surface area (Å²) in [6, 6.07) is 11.4. The highest BCUT2D eigenvalue weighted by Gasteiger charge is 2.18. The van der Waals surface area contributed by atoms with Crippen LogP contribution < -0.4 is 15.0 Å². The third kappa shape index (κ3) is 3.10. The van der Waals surface area contributed by atoms with E-state index in [4.69, 9.17) is 14.5 Å². The average molecular weight is 433 g/mol. The maximum atomic E-state index is 12.9. The maximum absolute atomic E-state index is 12.9. The van der Waals surface area contributed by atoms with Crippen molar-refractivity contribution in [1.82, 2.24) is 9.55 Å². The number of ether oxygens (including phenoxy) is 2. The number of halogens is 1. The largest absolute Gasteiger partial charge is 0.454 e. The number of rotatable bonds is 4. The van der Waals surface area contributed by atoms with E-state index in [-0.39, 0.29) is 18.4 Å². The van der Waals surface area contributed by atoms with E-state index in [1.165, 1.54) is 0 Å². The fraction of sp³-hybridized carbons (Fsp3) is 0.263. The Balaban J connectivity index is 1.71. The van der Waals surface area contributed by atoms with Gasteiger partial charge in [0.2, 0.25) is 6.79 Å². The van der Waals surface area contributed by atoms with Crippen LogP contribution in [0.5, 0.6) is 11.5 Å². The summed E-state index contributed by atoms with van der Waals surface area (Å²) in [7, 11) is 0. The lowest BCUT2D eigenvalue weighted by atomic mass is 10.2. The van der Waals surface area contributed by atoms with Crippen LogP contribution in [0.4, 0.5) is 0 Å². The van der Waals surface area contributed by atoms with Crippen LogP contribution in [0, 0.1) is 0 Å². The fourth-order valence-corrected chi connectivity index (χ4v) is 4.66. The van der Waals surface area contributed by atoms with Gasteiger partial charge in [-0.2, -0.15) is 0 Å². The van der Waals surface area contributed by atoms with E-state index in [1.807, 2.05) is 50.2 Å². The summed E-state index contributed by atoms with van der Waals surface area (Å²) in [6.07, 6.45) is 0. The lowest BCUT2D eigenvalue weighted by molar-refractivity contribution is 0.174. The third-order valence-corrected chi connectivity index (χ3v) is 5.93. The smallest absolute Gasteiger partial charge is 0.262 e. The molecule has 2 heterocycles. The first-order valence-corrected chi connectivity index (χ1v) is 10.0. The molecule has 0 fully saturated rings. The van der Waals surface area contributed by atoms with Gasteiger partial charge in [-0.25, -0.2) is 4.98 Å². The SMILES string of the molecule is CC(C)n1c(SCc2cc3c(cc2Br)OCO3)nc2ccccc2c1=O. The summed E-state index contributed by atoms with van der Waals surface area (Å²) in [4.78, 5) is 17.6. The van der Waals surface area contributed by atoms with Crippen molar-refractivity contribution in [3.05, 3.63) is 56.8 Å². The molecular formula is C19H17BrN2O3S. The summed E-state index contributed by atoms with van der Waals surface area (Å²) in [6.45, 7) is 4.24. The third-order valence-electron chi connectivity index (χ3n) is 4.19. The zero-order chi connectivity index (χ0) is 18.3. The van der Waals surface area contributed by atoms with E-state index < -0.39 is 0 Å². The molecule has 4 rings (SSSR count). The van der Waals surface area contributed by atoms with Crippen molar-refractivity contribution in [3.63, 3.8) is 0 Å². The number of fused-ring (bicyclic) bond motifs is 2. The van der Waals surface area contributed by atoms with Crippen molar-refractivity contribution in [2.45, 2.75) is 30.8 Å². The molecule has 1 aromatic heterocycles. The zero-order valence-electron chi connectivity index (χ0n) is 14.4. The first-order chi connectivity index (χ1) is 12.5. The Kier molecular flexibility index (Phi) is 4.67. The number of nitrogens with zero attached hydrogens (tertiary/aromatic N) is 2. The molecule has 0 saturated carbocycles. The highest BCUT2D eigenvalue weighted by Crippen LogP contribution is 2.38. The van der Waals surface area contributed by atoms with Crippen LogP contribution in [-0.2, 0) is 5.75 Å². The Labute approximate surface area is 163 Å². The fourth-order valence-electron chi connectivity index (χ4n) is 2.89. The first kappa shape index (κ1) is 17.4. The number of thioether (sulfide) groups is 1. The molecular weight excluding hydrogens is 416 g/mol. The van der Waals surface area contributed by atoms with Gasteiger partial charge in [0.15, 0.2) is 16.7 Å². The topological polar surface area (TPSA) is 53.4 Å². The van der Waals surface area contributed by atoms with Crippen LogP contribution in [-0.4, -0.2) is 16.3 Å². The zero-order valence-corrected chi connectivity index (χ0v) is 16.8. The highest BCUT2D eigenvalue weighted by molar-refractivity contribution is 9.10. The van der Waals surface area contributed by atoms with Crippen LogP contribution in [0.15, 0.2) is 50.8 Å². The van der Waals surface area contributed by atoms with Crippen LogP contribution in [0.25, 0.3) is 10.9 Å². The van der Waals surface area contributed by atoms with E-state index in [2.05, 4.69) is 15.9 Å². The minimum atomic E-state index is -0.00199. The number of aromatic nitrogens is 2. The molecule has 0 atom stereocenters. The molecule has 0 saturated heterocycles. The van der Waals surface area contributed by atoms with Gasteiger partial charge in [-0.05, 0) is 43.7 Å². The molecule has 3 aromatic rings.